The molecule has 5 nitrogen and oxygen atoms in total. The summed E-state index contributed by atoms with van der Waals surface area (Å²) < 4.78 is 2.03. The molecule has 0 saturated carbocycles. The molecule has 0 amide bonds. The molecule has 0 aliphatic rings. The van der Waals surface area contributed by atoms with Crippen LogP contribution in [0, 0.1) is 0 Å². The Morgan fingerprint density at radius 1 is 1.10 bits per heavy atom. The Morgan fingerprint density at radius 2 is 1.75 bits per heavy atom. The SMILES string of the molecule is Cn1cc(C(=O)c2cccc(Cl)c2Cl)c(=O)n(C)c1=O. The minimum atomic E-state index is -0.672. The number of nitrogens with zero attached hydrogens (tertiary/aromatic N) is 2. The van der Waals surface area contributed by atoms with E-state index >= 15 is 0 Å². The molecule has 7 heteroatoms. The van der Waals surface area contributed by atoms with Crippen molar-refractivity contribution in [2.24, 2.45) is 14.1 Å². The molecule has 1 aromatic heterocycles. The van der Waals surface area contributed by atoms with E-state index in [9.17, 15) is 14.4 Å². The van der Waals surface area contributed by atoms with Gasteiger partial charge < -0.3 is 4.57 Å². The molecule has 0 aliphatic heterocycles. The summed E-state index contributed by atoms with van der Waals surface area (Å²) in [5.41, 5.74) is -1.20. The van der Waals surface area contributed by atoms with E-state index in [-0.39, 0.29) is 21.2 Å². The summed E-state index contributed by atoms with van der Waals surface area (Å²) in [6, 6.07) is 4.58. The van der Waals surface area contributed by atoms with Gasteiger partial charge in [-0.25, -0.2) is 4.79 Å². The van der Waals surface area contributed by atoms with Gasteiger partial charge in [0.25, 0.3) is 5.56 Å². The van der Waals surface area contributed by atoms with Crippen molar-refractivity contribution in [2.45, 2.75) is 0 Å². The number of halogens is 2. The van der Waals surface area contributed by atoms with Crippen molar-refractivity contribution in [3.05, 3.63) is 66.4 Å². The van der Waals surface area contributed by atoms with Crippen LogP contribution >= 0.6 is 23.2 Å². The molecule has 2 aromatic rings. The maximum Gasteiger partial charge on any atom is 0.330 e. The second-order valence-electron chi connectivity index (χ2n) is 4.23. The van der Waals surface area contributed by atoms with Gasteiger partial charge in [-0.15, -0.1) is 0 Å². The van der Waals surface area contributed by atoms with Crippen molar-refractivity contribution in [1.29, 1.82) is 0 Å². The molecule has 1 heterocycles. The number of carbonyl (C=O) groups is 1. The predicted octanol–water partition coefficient (Wildman–Crippen LogP) is 1.62. The van der Waals surface area contributed by atoms with Gasteiger partial charge in [0.15, 0.2) is 0 Å². The smallest absolute Gasteiger partial charge is 0.303 e. The molecule has 0 radical (unpaired) electrons. The number of hydrogen-bond donors (Lipinski definition) is 0. The Kier molecular flexibility index (Phi) is 3.83. The van der Waals surface area contributed by atoms with Crippen LogP contribution in [0.3, 0.4) is 0 Å². The van der Waals surface area contributed by atoms with Gasteiger partial charge in [0.05, 0.1) is 10.0 Å². The van der Waals surface area contributed by atoms with Crippen LogP contribution in [-0.2, 0) is 14.1 Å². The van der Waals surface area contributed by atoms with Crippen LogP contribution in [0.5, 0.6) is 0 Å². The molecular formula is C13H10Cl2N2O3. The summed E-state index contributed by atoms with van der Waals surface area (Å²) in [4.78, 5) is 36.0. The predicted molar refractivity (Wildman–Crippen MR) is 76.8 cm³/mol. The van der Waals surface area contributed by atoms with Crippen LogP contribution in [0.2, 0.25) is 10.0 Å². The lowest BCUT2D eigenvalue weighted by molar-refractivity contribution is 0.103. The molecule has 1 aromatic carbocycles. The molecule has 0 spiro atoms. The van der Waals surface area contributed by atoms with Crippen molar-refractivity contribution < 1.29 is 4.79 Å². The van der Waals surface area contributed by atoms with Gasteiger partial charge in [0.2, 0.25) is 5.78 Å². The van der Waals surface area contributed by atoms with Crippen LogP contribution in [0.15, 0.2) is 34.0 Å². The van der Waals surface area contributed by atoms with Gasteiger partial charge >= 0.3 is 5.69 Å². The Balaban J connectivity index is 2.70. The summed E-state index contributed by atoms with van der Waals surface area (Å²) >= 11 is 11.8. The molecule has 20 heavy (non-hydrogen) atoms. The average molecular weight is 313 g/mol. The Hall–Kier alpha value is -1.85. The van der Waals surface area contributed by atoms with Crippen LogP contribution in [0.4, 0.5) is 0 Å². The fourth-order valence-corrected chi connectivity index (χ4v) is 2.17. The molecule has 0 unspecified atom stereocenters. The van der Waals surface area contributed by atoms with E-state index < -0.39 is 17.0 Å². The highest BCUT2D eigenvalue weighted by atomic mass is 35.5. The zero-order valence-corrected chi connectivity index (χ0v) is 12.2. The van der Waals surface area contributed by atoms with E-state index in [4.69, 9.17) is 23.2 Å². The quantitative estimate of drug-likeness (QED) is 0.792. The molecule has 0 bridgehead atoms. The fraction of sp³-hybridized carbons (Fsp3) is 0.154. The molecule has 0 aliphatic carbocycles. The van der Waals surface area contributed by atoms with E-state index in [0.29, 0.717) is 0 Å². The standard InChI is InChI=1S/C13H10Cl2N2O3/c1-16-6-8(12(19)17(2)13(16)20)11(18)7-4-3-5-9(14)10(7)15/h3-6H,1-2H3. The lowest BCUT2D eigenvalue weighted by atomic mass is 10.1. The molecule has 0 fully saturated rings. The maximum atomic E-state index is 12.4. The summed E-state index contributed by atoms with van der Waals surface area (Å²) in [5.74, 6) is -0.575. The highest BCUT2D eigenvalue weighted by Crippen LogP contribution is 2.26. The second kappa shape index (κ2) is 5.26. The lowest BCUT2D eigenvalue weighted by Crippen LogP contribution is -2.39. The number of ketones is 1. The van der Waals surface area contributed by atoms with E-state index in [2.05, 4.69) is 0 Å². The number of aromatic nitrogens is 2. The minimum absolute atomic E-state index is 0.0788. The van der Waals surface area contributed by atoms with Crippen molar-refractivity contribution >= 4 is 29.0 Å². The van der Waals surface area contributed by atoms with Gasteiger partial charge in [-0.2, -0.15) is 0 Å². The number of rotatable bonds is 2. The van der Waals surface area contributed by atoms with Crippen molar-refractivity contribution in [2.75, 3.05) is 0 Å². The highest BCUT2D eigenvalue weighted by Gasteiger charge is 2.19. The molecule has 2 rings (SSSR count). The summed E-state index contributed by atoms with van der Waals surface area (Å²) in [7, 11) is 2.76. The summed E-state index contributed by atoms with van der Waals surface area (Å²) in [6.45, 7) is 0. The van der Waals surface area contributed by atoms with Crippen LogP contribution in [0.1, 0.15) is 15.9 Å². The monoisotopic (exact) mass is 312 g/mol. The van der Waals surface area contributed by atoms with E-state index in [1.165, 1.54) is 26.4 Å². The zero-order valence-electron chi connectivity index (χ0n) is 10.7. The van der Waals surface area contributed by atoms with Gasteiger partial charge in [-0.3, -0.25) is 14.2 Å². The largest absolute Gasteiger partial charge is 0.330 e. The molecule has 0 saturated heterocycles. The van der Waals surface area contributed by atoms with Gasteiger partial charge in [-0.05, 0) is 12.1 Å². The van der Waals surface area contributed by atoms with Crippen molar-refractivity contribution in [1.82, 2.24) is 9.13 Å². The Morgan fingerprint density at radius 3 is 2.40 bits per heavy atom. The summed E-state index contributed by atoms with van der Waals surface area (Å²) in [6.07, 6.45) is 1.20. The first-order valence-corrected chi connectivity index (χ1v) is 6.35. The number of carbonyl (C=O) groups excluding carboxylic acids is 1. The van der Waals surface area contributed by atoms with Gasteiger partial charge in [-0.1, -0.05) is 29.3 Å². The molecule has 104 valence electrons. The third-order valence-electron chi connectivity index (χ3n) is 2.89. The van der Waals surface area contributed by atoms with Gasteiger partial charge in [0.1, 0.15) is 5.56 Å². The zero-order chi connectivity index (χ0) is 15.0. The van der Waals surface area contributed by atoms with Crippen LogP contribution in [0.25, 0.3) is 0 Å². The van der Waals surface area contributed by atoms with E-state index in [1.54, 1.807) is 12.1 Å². The van der Waals surface area contributed by atoms with Crippen molar-refractivity contribution in [3.8, 4) is 0 Å². The van der Waals surface area contributed by atoms with Crippen LogP contribution in [-0.4, -0.2) is 14.9 Å². The first-order valence-electron chi connectivity index (χ1n) is 5.60. The van der Waals surface area contributed by atoms with Crippen molar-refractivity contribution in [3.63, 3.8) is 0 Å². The topological polar surface area (TPSA) is 61.1 Å². The second-order valence-corrected chi connectivity index (χ2v) is 5.02. The minimum Gasteiger partial charge on any atom is -0.303 e. The number of aryl methyl sites for hydroxylation is 1. The third-order valence-corrected chi connectivity index (χ3v) is 3.71. The fourth-order valence-electron chi connectivity index (χ4n) is 1.79. The average Bonchev–Trinajstić information content (AvgIpc) is 2.43. The Bertz CT molecular complexity index is 821. The first-order chi connectivity index (χ1) is 9.34. The van der Waals surface area contributed by atoms with E-state index in [0.717, 1.165) is 9.13 Å². The number of benzene rings is 1. The number of hydrogen-bond acceptors (Lipinski definition) is 3. The first kappa shape index (κ1) is 14.6. The van der Waals surface area contributed by atoms with E-state index in [1.807, 2.05) is 0 Å². The maximum absolute atomic E-state index is 12.4. The highest BCUT2D eigenvalue weighted by molar-refractivity contribution is 6.44. The Labute approximate surface area is 124 Å². The van der Waals surface area contributed by atoms with Crippen LogP contribution < -0.4 is 11.2 Å². The molecule has 0 N–H and O–H groups in total. The normalized spacial score (nSPS) is 10.6. The third kappa shape index (κ3) is 2.30. The summed E-state index contributed by atoms with van der Waals surface area (Å²) in [5, 5.41) is 0.300. The molecular weight excluding hydrogens is 303 g/mol. The molecule has 0 atom stereocenters. The lowest BCUT2D eigenvalue weighted by Gasteiger charge is -2.07. The van der Waals surface area contributed by atoms with Gasteiger partial charge in [0, 0.05) is 25.9 Å².